The molecule has 2 atom stereocenters. The fourth-order valence-corrected chi connectivity index (χ4v) is 4.97. The van der Waals surface area contributed by atoms with Gasteiger partial charge in [-0.3, -0.25) is 19.5 Å². The Balaban J connectivity index is 1.24. The highest BCUT2D eigenvalue weighted by Crippen LogP contribution is 2.28. The minimum atomic E-state index is -0.255. The molecule has 4 rings (SSSR count). The number of ketones is 1. The zero-order chi connectivity index (χ0) is 21.6. The summed E-state index contributed by atoms with van der Waals surface area (Å²) in [6.07, 6.45) is 7.37. The highest BCUT2D eigenvalue weighted by molar-refractivity contribution is 5.83. The van der Waals surface area contributed by atoms with Crippen LogP contribution in [0.2, 0.25) is 0 Å². The zero-order valence-corrected chi connectivity index (χ0v) is 18.5. The van der Waals surface area contributed by atoms with Crippen molar-refractivity contribution in [3.8, 4) is 0 Å². The van der Waals surface area contributed by atoms with Gasteiger partial charge in [0.15, 0.2) is 5.78 Å². The van der Waals surface area contributed by atoms with Crippen LogP contribution >= 0.6 is 0 Å². The molecule has 1 aliphatic carbocycles. The molecule has 1 aromatic heterocycles. The van der Waals surface area contributed by atoms with Crippen molar-refractivity contribution in [2.24, 2.45) is 5.92 Å². The van der Waals surface area contributed by atoms with E-state index in [4.69, 9.17) is 4.98 Å². The Kier molecular flexibility index (Phi) is 7.13. The first-order chi connectivity index (χ1) is 15.1. The first-order valence-corrected chi connectivity index (χ1v) is 11.7. The van der Waals surface area contributed by atoms with E-state index in [1.165, 1.54) is 24.1 Å². The number of hydrogen-bond acceptors (Lipinski definition) is 4. The van der Waals surface area contributed by atoms with Crippen LogP contribution in [0.3, 0.4) is 0 Å². The van der Waals surface area contributed by atoms with Crippen molar-refractivity contribution in [2.45, 2.75) is 57.9 Å². The molecule has 31 heavy (non-hydrogen) atoms. The molecule has 1 amide bonds. The molecular formula is C26H33N3O2. The normalized spacial score (nSPS) is 19.6. The van der Waals surface area contributed by atoms with Gasteiger partial charge in [0.1, 0.15) is 0 Å². The molecule has 0 radical (unpaired) electrons. The Morgan fingerprint density at radius 3 is 2.74 bits per heavy atom. The number of hydrogen-bond donors (Lipinski definition) is 1. The van der Waals surface area contributed by atoms with E-state index < -0.39 is 0 Å². The number of likely N-dealkylation sites (tertiary alicyclic amines) is 1. The standard InChI is InChI=1S/C26H33N3O2/c1-19(30)25(21-9-3-2-4-10-21)29-17-15-22(18-29)26(31)27-16-7-11-23-14-13-20-8-5-6-12-24(20)28-23/h2-4,9-10,13-14,22,25H,5-8,11-12,15-18H2,1H3,(H,27,31)/t22-,25?/m0/s1. The topological polar surface area (TPSA) is 62.3 Å². The Morgan fingerprint density at radius 2 is 1.94 bits per heavy atom. The Hall–Kier alpha value is -2.53. The van der Waals surface area contributed by atoms with Gasteiger partial charge in [0.2, 0.25) is 5.91 Å². The first-order valence-electron chi connectivity index (χ1n) is 11.7. The fraction of sp³-hybridized carbons (Fsp3) is 0.500. The predicted octanol–water partition coefficient (Wildman–Crippen LogP) is 3.66. The molecule has 0 saturated carbocycles. The van der Waals surface area contributed by atoms with Gasteiger partial charge < -0.3 is 5.32 Å². The van der Waals surface area contributed by atoms with Crippen molar-refractivity contribution < 1.29 is 9.59 Å². The fourth-order valence-electron chi connectivity index (χ4n) is 4.97. The molecule has 1 fully saturated rings. The maximum absolute atomic E-state index is 12.7. The van der Waals surface area contributed by atoms with Crippen LogP contribution in [0.25, 0.3) is 0 Å². The summed E-state index contributed by atoms with van der Waals surface area (Å²) in [5.74, 6) is 0.188. The molecule has 1 aliphatic heterocycles. The number of rotatable bonds is 8. The van der Waals surface area contributed by atoms with E-state index in [9.17, 15) is 9.59 Å². The molecule has 164 valence electrons. The van der Waals surface area contributed by atoms with Crippen LogP contribution in [0.15, 0.2) is 42.5 Å². The van der Waals surface area contributed by atoms with Gasteiger partial charge >= 0.3 is 0 Å². The van der Waals surface area contributed by atoms with Crippen molar-refractivity contribution in [1.29, 1.82) is 0 Å². The molecular weight excluding hydrogens is 386 g/mol. The summed E-state index contributed by atoms with van der Waals surface area (Å²) in [7, 11) is 0. The second-order valence-electron chi connectivity index (χ2n) is 8.91. The number of aromatic nitrogens is 1. The molecule has 1 saturated heterocycles. The average Bonchev–Trinajstić information content (AvgIpc) is 3.27. The van der Waals surface area contributed by atoms with Gasteiger partial charge in [-0.15, -0.1) is 0 Å². The summed E-state index contributed by atoms with van der Waals surface area (Å²) in [5, 5.41) is 3.11. The molecule has 2 aliphatic rings. The van der Waals surface area contributed by atoms with E-state index in [2.05, 4.69) is 22.3 Å². The number of fused-ring (bicyclic) bond motifs is 1. The maximum Gasteiger partial charge on any atom is 0.224 e. The molecule has 0 spiro atoms. The third-order valence-corrected chi connectivity index (χ3v) is 6.60. The van der Waals surface area contributed by atoms with Crippen molar-refractivity contribution in [1.82, 2.24) is 15.2 Å². The van der Waals surface area contributed by atoms with Crippen LogP contribution in [0.4, 0.5) is 0 Å². The minimum Gasteiger partial charge on any atom is -0.356 e. The van der Waals surface area contributed by atoms with E-state index in [0.29, 0.717) is 13.1 Å². The third-order valence-electron chi connectivity index (χ3n) is 6.60. The van der Waals surface area contributed by atoms with Crippen LogP contribution in [-0.4, -0.2) is 41.2 Å². The molecule has 1 unspecified atom stereocenters. The van der Waals surface area contributed by atoms with Gasteiger partial charge in [-0.2, -0.15) is 0 Å². The number of pyridine rings is 1. The van der Waals surface area contributed by atoms with Crippen LogP contribution < -0.4 is 5.32 Å². The van der Waals surface area contributed by atoms with Crippen molar-refractivity contribution in [3.05, 3.63) is 65.0 Å². The number of benzene rings is 1. The Morgan fingerprint density at radius 1 is 1.13 bits per heavy atom. The lowest BCUT2D eigenvalue weighted by Gasteiger charge is -2.26. The van der Waals surface area contributed by atoms with E-state index in [1.807, 2.05) is 30.3 Å². The van der Waals surface area contributed by atoms with Gasteiger partial charge in [-0.05, 0) is 69.1 Å². The molecule has 0 bridgehead atoms. The number of aryl methyl sites for hydroxylation is 3. The predicted molar refractivity (Wildman–Crippen MR) is 122 cm³/mol. The second-order valence-corrected chi connectivity index (χ2v) is 8.91. The zero-order valence-electron chi connectivity index (χ0n) is 18.5. The summed E-state index contributed by atoms with van der Waals surface area (Å²) < 4.78 is 0. The van der Waals surface area contributed by atoms with Crippen LogP contribution in [0.5, 0.6) is 0 Å². The van der Waals surface area contributed by atoms with Crippen molar-refractivity contribution in [2.75, 3.05) is 19.6 Å². The van der Waals surface area contributed by atoms with Gasteiger partial charge in [0.25, 0.3) is 0 Å². The quantitative estimate of drug-likeness (QED) is 0.664. The first kappa shape index (κ1) is 21.7. The monoisotopic (exact) mass is 419 g/mol. The average molecular weight is 420 g/mol. The smallest absolute Gasteiger partial charge is 0.224 e. The number of nitrogens with zero attached hydrogens (tertiary/aromatic N) is 2. The van der Waals surface area contributed by atoms with E-state index in [0.717, 1.165) is 49.9 Å². The van der Waals surface area contributed by atoms with Gasteiger partial charge in [-0.25, -0.2) is 0 Å². The van der Waals surface area contributed by atoms with E-state index in [-0.39, 0.29) is 23.7 Å². The lowest BCUT2D eigenvalue weighted by atomic mass is 9.95. The number of amides is 1. The molecule has 5 heteroatoms. The maximum atomic E-state index is 12.7. The van der Waals surface area contributed by atoms with E-state index in [1.54, 1.807) is 6.92 Å². The highest BCUT2D eigenvalue weighted by Gasteiger charge is 2.34. The summed E-state index contributed by atoms with van der Waals surface area (Å²) in [6, 6.07) is 14.0. The molecule has 5 nitrogen and oxygen atoms in total. The summed E-state index contributed by atoms with van der Waals surface area (Å²) in [4.78, 5) is 32.0. The van der Waals surface area contributed by atoms with Gasteiger partial charge in [0.05, 0.1) is 12.0 Å². The van der Waals surface area contributed by atoms with Crippen LogP contribution in [0.1, 0.15) is 61.2 Å². The molecule has 2 aromatic rings. The van der Waals surface area contributed by atoms with Crippen molar-refractivity contribution in [3.63, 3.8) is 0 Å². The largest absolute Gasteiger partial charge is 0.356 e. The number of carbonyl (C=O) groups excluding carboxylic acids is 2. The Labute approximate surface area is 185 Å². The summed E-state index contributed by atoms with van der Waals surface area (Å²) in [6.45, 7) is 3.72. The summed E-state index contributed by atoms with van der Waals surface area (Å²) in [5.41, 5.74) is 4.83. The lowest BCUT2D eigenvalue weighted by molar-refractivity contribution is -0.126. The summed E-state index contributed by atoms with van der Waals surface area (Å²) >= 11 is 0. The van der Waals surface area contributed by atoms with E-state index >= 15 is 0 Å². The molecule has 1 aromatic carbocycles. The van der Waals surface area contributed by atoms with Crippen molar-refractivity contribution >= 4 is 11.7 Å². The minimum absolute atomic E-state index is 0.0487. The second kappa shape index (κ2) is 10.2. The SMILES string of the molecule is CC(=O)C(c1ccccc1)N1CC[C@H](C(=O)NCCCc2ccc3c(n2)CCCC3)C1. The molecule has 2 heterocycles. The van der Waals surface area contributed by atoms with Crippen LogP contribution in [-0.2, 0) is 28.9 Å². The third kappa shape index (κ3) is 5.40. The number of Topliss-reactive ketones (excluding diaryl/α,β-unsaturated/α-hetero) is 1. The lowest BCUT2D eigenvalue weighted by Crippen LogP contribution is -2.36. The highest BCUT2D eigenvalue weighted by atomic mass is 16.2. The van der Waals surface area contributed by atoms with Gasteiger partial charge in [-0.1, -0.05) is 36.4 Å². The number of nitrogens with one attached hydrogen (secondary N) is 1. The molecule has 1 N–H and O–H groups in total. The van der Waals surface area contributed by atoms with Crippen LogP contribution in [0, 0.1) is 5.92 Å². The Bertz CT molecular complexity index is 912. The van der Waals surface area contributed by atoms with Gasteiger partial charge in [0, 0.05) is 31.0 Å². The number of carbonyl (C=O) groups is 2.